The third kappa shape index (κ3) is 3.75. The van der Waals surface area contributed by atoms with E-state index >= 15 is 0 Å². The molecule has 2 aromatic carbocycles. The summed E-state index contributed by atoms with van der Waals surface area (Å²) in [4.78, 5) is 0. The van der Waals surface area contributed by atoms with Gasteiger partial charge in [-0.25, -0.2) is 0 Å². The molecule has 0 spiro atoms. The number of hydrogen-bond donors (Lipinski definition) is 2. The van der Waals surface area contributed by atoms with E-state index in [0.29, 0.717) is 17.4 Å². The lowest BCUT2D eigenvalue weighted by molar-refractivity contribution is 0.405. The number of nitrogens with one attached hydrogen (secondary N) is 2. The Morgan fingerprint density at radius 3 is 2.62 bits per heavy atom. The van der Waals surface area contributed by atoms with Crippen molar-refractivity contribution < 1.29 is 9.47 Å². The van der Waals surface area contributed by atoms with Crippen molar-refractivity contribution in [3.05, 3.63) is 53.7 Å². The fourth-order valence-electron chi connectivity index (χ4n) is 2.91. The van der Waals surface area contributed by atoms with Gasteiger partial charge in [0.2, 0.25) is 0 Å². The van der Waals surface area contributed by atoms with Gasteiger partial charge in [-0.2, -0.15) is 0 Å². The van der Waals surface area contributed by atoms with E-state index in [1.165, 1.54) is 22.2 Å². The fourth-order valence-corrected chi connectivity index (χ4v) is 3.09. The molecule has 0 aliphatic carbocycles. The molecular formula is C20H23N3O2S. The molecule has 1 aromatic heterocycles. The molecular weight excluding hydrogens is 346 g/mol. The number of fused-ring (bicyclic) bond motifs is 1. The highest BCUT2D eigenvalue weighted by Crippen LogP contribution is 2.28. The maximum Gasteiger partial charge on any atom is 0.171 e. The topological polar surface area (TPSA) is 47.5 Å². The van der Waals surface area contributed by atoms with Crippen LogP contribution in [0.4, 0.5) is 5.69 Å². The minimum absolute atomic E-state index is 0.529. The predicted octanol–water partition coefficient (Wildman–Crippen LogP) is 3.99. The first-order valence-electron chi connectivity index (χ1n) is 8.33. The number of thiocarbonyl (C=S) groups is 1. The molecule has 0 aliphatic rings. The van der Waals surface area contributed by atoms with Gasteiger partial charge in [0.25, 0.3) is 0 Å². The van der Waals surface area contributed by atoms with E-state index < -0.39 is 0 Å². The molecule has 136 valence electrons. The van der Waals surface area contributed by atoms with E-state index in [2.05, 4.69) is 53.4 Å². The number of anilines is 1. The lowest BCUT2D eigenvalue weighted by atomic mass is 10.1. The van der Waals surface area contributed by atoms with E-state index in [-0.39, 0.29) is 0 Å². The summed E-state index contributed by atoms with van der Waals surface area (Å²) in [5.41, 5.74) is 4.41. The zero-order chi connectivity index (χ0) is 18.7. The molecule has 0 amide bonds. The first kappa shape index (κ1) is 18.1. The Morgan fingerprint density at radius 1 is 1.08 bits per heavy atom. The summed E-state index contributed by atoms with van der Waals surface area (Å²) in [7, 11) is 5.33. The number of aryl methyl sites for hydroxylation is 2. The number of nitrogens with zero attached hydrogens (tertiary/aromatic N) is 1. The van der Waals surface area contributed by atoms with Crippen LogP contribution in [0, 0.1) is 6.92 Å². The second-order valence-electron chi connectivity index (χ2n) is 6.11. The van der Waals surface area contributed by atoms with Crippen LogP contribution in [0.15, 0.2) is 42.5 Å². The minimum Gasteiger partial charge on any atom is -0.497 e. The number of benzene rings is 2. The van der Waals surface area contributed by atoms with Gasteiger partial charge in [-0.15, -0.1) is 0 Å². The monoisotopic (exact) mass is 369 g/mol. The molecule has 0 bridgehead atoms. The summed E-state index contributed by atoms with van der Waals surface area (Å²) < 4.78 is 12.8. The Kier molecular flexibility index (Phi) is 5.32. The molecule has 0 radical (unpaired) electrons. The van der Waals surface area contributed by atoms with Crippen molar-refractivity contribution in [1.82, 2.24) is 9.88 Å². The SMILES string of the molecule is COc1ccc(OC)c(NC(=S)NCc2ccc3c(c2)cc(C)n3C)c1. The van der Waals surface area contributed by atoms with Crippen LogP contribution in [0.3, 0.4) is 0 Å². The second-order valence-corrected chi connectivity index (χ2v) is 6.52. The quantitative estimate of drug-likeness (QED) is 0.666. The molecule has 0 atom stereocenters. The molecule has 2 N–H and O–H groups in total. The maximum absolute atomic E-state index is 5.42. The second kappa shape index (κ2) is 7.66. The fraction of sp³-hybridized carbons (Fsp3) is 0.250. The van der Waals surface area contributed by atoms with Gasteiger partial charge in [0.05, 0.1) is 19.9 Å². The van der Waals surface area contributed by atoms with Crippen molar-refractivity contribution in [2.45, 2.75) is 13.5 Å². The van der Waals surface area contributed by atoms with Crippen molar-refractivity contribution in [2.75, 3.05) is 19.5 Å². The third-order valence-electron chi connectivity index (χ3n) is 4.45. The average molecular weight is 369 g/mol. The third-order valence-corrected chi connectivity index (χ3v) is 4.70. The Hall–Kier alpha value is -2.73. The van der Waals surface area contributed by atoms with Crippen molar-refractivity contribution in [2.24, 2.45) is 7.05 Å². The number of methoxy groups -OCH3 is 2. The molecule has 3 aromatic rings. The van der Waals surface area contributed by atoms with Gasteiger partial charge in [-0.05, 0) is 55.0 Å². The van der Waals surface area contributed by atoms with E-state index in [0.717, 1.165) is 11.4 Å². The van der Waals surface area contributed by atoms with Gasteiger partial charge < -0.3 is 24.7 Å². The zero-order valence-electron chi connectivity index (χ0n) is 15.4. The van der Waals surface area contributed by atoms with Crippen molar-refractivity contribution in [3.63, 3.8) is 0 Å². The number of ether oxygens (including phenoxy) is 2. The maximum atomic E-state index is 5.42. The van der Waals surface area contributed by atoms with Gasteiger partial charge in [0.1, 0.15) is 11.5 Å². The van der Waals surface area contributed by atoms with Crippen molar-refractivity contribution >= 4 is 33.9 Å². The van der Waals surface area contributed by atoms with Crippen molar-refractivity contribution in [1.29, 1.82) is 0 Å². The smallest absolute Gasteiger partial charge is 0.171 e. The summed E-state index contributed by atoms with van der Waals surface area (Å²) in [6, 6.07) is 14.2. The molecule has 1 heterocycles. The van der Waals surface area contributed by atoms with Gasteiger partial charge in [0.15, 0.2) is 5.11 Å². The van der Waals surface area contributed by atoms with Crippen molar-refractivity contribution in [3.8, 4) is 11.5 Å². The number of hydrogen-bond acceptors (Lipinski definition) is 3. The Bertz CT molecular complexity index is 950. The molecule has 0 unspecified atom stereocenters. The summed E-state index contributed by atoms with van der Waals surface area (Å²) in [5, 5.41) is 8.17. The van der Waals surface area contributed by atoms with Gasteiger partial charge in [0, 0.05) is 36.3 Å². The zero-order valence-corrected chi connectivity index (χ0v) is 16.2. The first-order valence-corrected chi connectivity index (χ1v) is 8.74. The van der Waals surface area contributed by atoms with Crippen LogP contribution in [0.25, 0.3) is 10.9 Å². The normalized spacial score (nSPS) is 10.6. The van der Waals surface area contributed by atoms with Gasteiger partial charge in [-0.3, -0.25) is 0 Å². The molecule has 6 heteroatoms. The van der Waals surface area contributed by atoms with Crippen LogP contribution in [-0.4, -0.2) is 23.9 Å². The van der Waals surface area contributed by atoms with Gasteiger partial charge in [-0.1, -0.05) is 6.07 Å². The van der Waals surface area contributed by atoms with Crippen LogP contribution in [0.5, 0.6) is 11.5 Å². The minimum atomic E-state index is 0.529. The summed E-state index contributed by atoms with van der Waals surface area (Å²) >= 11 is 5.42. The first-order chi connectivity index (χ1) is 12.5. The van der Waals surface area contributed by atoms with E-state index in [1.54, 1.807) is 14.2 Å². The van der Waals surface area contributed by atoms with Crippen LogP contribution in [0.2, 0.25) is 0 Å². The standard InChI is InChI=1S/C20H23N3O2S/c1-13-9-15-10-14(5-7-18(15)23(13)2)12-21-20(26)22-17-11-16(24-3)6-8-19(17)25-4/h5-11H,12H2,1-4H3,(H2,21,22,26). The lowest BCUT2D eigenvalue weighted by Crippen LogP contribution is -2.28. The average Bonchev–Trinajstić information content (AvgIpc) is 2.93. The molecule has 0 saturated carbocycles. The highest BCUT2D eigenvalue weighted by atomic mass is 32.1. The number of rotatable bonds is 5. The van der Waals surface area contributed by atoms with Crippen LogP contribution in [0.1, 0.15) is 11.3 Å². The molecule has 0 fully saturated rings. The Balaban J connectivity index is 1.67. The summed E-state index contributed by atoms with van der Waals surface area (Å²) in [6.45, 7) is 2.75. The van der Waals surface area contributed by atoms with Crippen LogP contribution in [-0.2, 0) is 13.6 Å². The lowest BCUT2D eigenvalue weighted by Gasteiger charge is -2.14. The summed E-state index contributed by atoms with van der Waals surface area (Å²) in [5.74, 6) is 1.44. The molecule has 0 aliphatic heterocycles. The molecule has 3 rings (SSSR count). The highest BCUT2D eigenvalue weighted by Gasteiger charge is 2.08. The molecule has 0 saturated heterocycles. The van der Waals surface area contributed by atoms with Gasteiger partial charge >= 0.3 is 0 Å². The van der Waals surface area contributed by atoms with E-state index in [9.17, 15) is 0 Å². The molecule has 26 heavy (non-hydrogen) atoms. The van der Waals surface area contributed by atoms with E-state index in [1.807, 2.05) is 18.2 Å². The number of aromatic nitrogens is 1. The Morgan fingerprint density at radius 2 is 1.88 bits per heavy atom. The summed E-state index contributed by atoms with van der Waals surface area (Å²) in [6.07, 6.45) is 0. The van der Waals surface area contributed by atoms with Crippen LogP contribution >= 0.6 is 12.2 Å². The predicted molar refractivity (Wildman–Crippen MR) is 110 cm³/mol. The van der Waals surface area contributed by atoms with Crippen LogP contribution < -0.4 is 20.1 Å². The Labute approximate surface area is 158 Å². The highest BCUT2D eigenvalue weighted by molar-refractivity contribution is 7.80. The molecule has 5 nitrogen and oxygen atoms in total. The largest absolute Gasteiger partial charge is 0.497 e. The van der Waals surface area contributed by atoms with E-state index in [4.69, 9.17) is 21.7 Å².